The van der Waals surface area contributed by atoms with Crippen molar-refractivity contribution in [2.75, 3.05) is 27.2 Å². The third-order valence-corrected chi connectivity index (χ3v) is 4.02. The molecular formula is C17H36NO2+. The first-order valence-corrected chi connectivity index (χ1v) is 8.52. The predicted octanol–water partition coefficient (Wildman–Crippen LogP) is 4.46. The molecule has 0 bridgehead atoms. The van der Waals surface area contributed by atoms with Crippen molar-refractivity contribution in [3.63, 3.8) is 0 Å². The lowest BCUT2D eigenvalue weighted by atomic mass is 10.1. The van der Waals surface area contributed by atoms with Crippen LogP contribution >= 0.6 is 0 Å². The van der Waals surface area contributed by atoms with Crippen molar-refractivity contribution in [1.29, 1.82) is 0 Å². The van der Waals surface area contributed by atoms with Gasteiger partial charge in [0.05, 0.1) is 33.6 Å². The molecule has 0 radical (unpaired) electrons. The lowest BCUT2D eigenvalue weighted by Gasteiger charge is -2.29. The van der Waals surface area contributed by atoms with Gasteiger partial charge in [-0.2, -0.15) is 0 Å². The highest BCUT2D eigenvalue weighted by molar-refractivity contribution is 5.66. The Morgan fingerprint density at radius 3 is 1.75 bits per heavy atom. The second-order valence-corrected chi connectivity index (χ2v) is 6.71. The Labute approximate surface area is 126 Å². The highest BCUT2D eigenvalue weighted by atomic mass is 16.4. The molecule has 0 amide bonds. The number of rotatable bonds is 14. The zero-order valence-electron chi connectivity index (χ0n) is 14.0. The molecule has 0 heterocycles. The van der Waals surface area contributed by atoms with Crippen LogP contribution in [-0.2, 0) is 4.79 Å². The van der Waals surface area contributed by atoms with Crippen LogP contribution in [0.25, 0.3) is 0 Å². The smallest absolute Gasteiger partial charge is 0.303 e. The minimum absolute atomic E-state index is 0.305. The molecule has 0 saturated heterocycles. The van der Waals surface area contributed by atoms with Crippen LogP contribution in [0.3, 0.4) is 0 Å². The highest BCUT2D eigenvalue weighted by Gasteiger charge is 2.14. The fourth-order valence-electron chi connectivity index (χ4n) is 2.62. The Balaban J connectivity index is 3.37. The van der Waals surface area contributed by atoms with E-state index in [0.717, 1.165) is 17.4 Å². The molecule has 20 heavy (non-hydrogen) atoms. The molecule has 1 N–H and O–H groups in total. The summed E-state index contributed by atoms with van der Waals surface area (Å²) in [5.41, 5.74) is 0. The number of nitrogens with zero attached hydrogens (tertiary/aromatic N) is 1. The molecule has 0 saturated carbocycles. The Morgan fingerprint density at radius 1 is 0.800 bits per heavy atom. The Bertz CT molecular complexity index is 239. The average Bonchev–Trinajstić information content (AvgIpc) is 2.36. The first kappa shape index (κ1) is 19.4. The van der Waals surface area contributed by atoms with Gasteiger partial charge in [0.15, 0.2) is 0 Å². The molecule has 120 valence electrons. The summed E-state index contributed by atoms with van der Waals surface area (Å²) in [6, 6.07) is 0. The molecule has 0 aliphatic heterocycles. The van der Waals surface area contributed by atoms with Crippen LogP contribution in [0.5, 0.6) is 0 Å². The summed E-state index contributed by atoms with van der Waals surface area (Å²) < 4.78 is 0.962. The molecule has 0 unspecified atom stereocenters. The summed E-state index contributed by atoms with van der Waals surface area (Å²) in [7, 11) is 4.43. The standard InChI is InChI=1S/C17H35NO2/c1-4-5-6-7-8-9-10-11-12-15-18(2,3)16-13-14-17(19)20/h4-16H2,1-3H3/p+1. The zero-order chi connectivity index (χ0) is 15.3. The molecule has 0 aliphatic carbocycles. The number of carbonyl (C=O) groups is 1. The van der Waals surface area contributed by atoms with E-state index in [1.807, 2.05) is 0 Å². The van der Waals surface area contributed by atoms with Crippen LogP contribution in [0.4, 0.5) is 0 Å². The van der Waals surface area contributed by atoms with E-state index < -0.39 is 5.97 Å². The summed E-state index contributed by atoms with van der Waals surface area (Å²) >= 11 is 0. The number of quaternary nitrogens is 1. The molecule has 0 aliphatic rings. The van der Waals surface area contributed by atoms with Crippen molar-refractivity contribution in [2.24, 2.45) is 0 Å². The molecule has 3 heteroatoms. The monoisotopic (exact) mass is 286 g/mol. The Morgan fingerprint density at radius 2 is 1.25 bits per heavy atom. The van der Waals surface area contributed by atoms with Crippen LogP contribution in [0.15, 0.2) is 0 Å². The molecule has 3 nitrogen and oxygen atoms in total. The predicted molar refractivity (Wildman–Crippen MR) is 85.9 cm³/mol. The van der Waals surface area contributed by atoms with Crippen LogP contribution in [0.2, 0.25) is 0 Å². The SMILES string of the molecule is CCCCCCCCCCC[N+](C)(C)CCCC(=O)O. The second-order valence-electron chi connectivity index (χ2n) is 6.71. The van der Waals surface area contributed by atoms with E-state index in [1.165, 1.54) is 64.3 Å². The highest BCUT2D eigenvalue weighted by Crippen LogP contribution is 2.11. The van der Waals surface area contributed by atoms with Gasteiger partial charge in [0, 0.05) is 6.42 Å². The van der Waals surface area contributed by atoms with E-state index in [9.17, 15) is 4.79 Å². The molecule has 0 aromatic carbocycles. The second kappa shape index (κ2) is 12.2. The minimum atomic E-state index is -0.673. The maximum Gasteiger partial charge on any atom is 0.303 e. The molecule has 0 spiro atoms. The zero-order valence-corrected chi connectivity index (χ0v) is 14.0. The number of carboxylic acids is 1. The van der Waals surface area contributed by atoms with Gasteiger partial charge >= 0.3 is 5.97 Å². The maximum absolute atomic E-state index is 10.5. The Kier molecular flexibility index (Phi) is 11.8. The van der Waals surface area contributed by atoms with E-state index in [0.29, 0.717) is 6.42 Å². The third kappa shape index (κ3) is 13.9. The van der Waals surface area contributed by atoms with Crippen LogP contribution in [0.1, 0.15) is 77.6 Å². The summed E-state index contributed by atoms with van der Waals surface area (Å²) in [5, 5.41) is 8.65. The van der Waals surface area contributed by atoms with Gasteiger partial charge in [0.25, 0.3) is 0 Å². The largest absolute Gasteiger partial charge is 0.481 e. The lowest BCUT2D eigenvalue weighted by Crippen LogP contribution is -2.41. The number of unbranched alkanes of at least 4 members (excludes halogenated alkanes) is 8. The van der Waals surface area contributed by atoms with Gasteiger partial charge in [-0.05, 0) is 12.8 Å². The third-order valence-electron chi connectivity index (χ3n) is 4.02. The van der Waals surface area contributed by atoms with E-state index >= 15 is 0 Å². The fraction of sp³-hybridized carbons (Fsp3) is 0.941. The summed E-state index contributed by atoms with van der Waals surface area (Å²) in [5.74, 6) is -0.673. The van der Waals surface area contributed by atoms with Gasteiger partial charge in [0.2, 0.25) is 0 Å². The molecule has 0 rings (SSSR count). The van der Waals surface area contributed by atoms with Crippen molar-refractivity contribution in [3.05, 3.63) is 0 Å². The Hall–Kier alpha value is -0.570. The topological polar surface area (TPSA) is 37.3 Å². The minimum Gasteiger partial charge on any atom is -0.481 e. The van der Waals surface area contributed by atoms with Gasteiger partial charge < -0.3 is 9.59 Å². The van der Waals surface area contributed by atoms with E-state index in [2.05, 4.69) is 21.0 Å². The first-order valence-electron chi connectivity index (χ1n) is 8.52. The molecule has 0 aromatic rings. The van der Waals surface area contributed by atoms with Crippen molar-refractivity contribution >= 4 is 5.97 Å². The van der Waals surface area contributed by atoms with E-state index in [1.54, 1.807) is 0 Å². The van der Waals surface area contributed by atoms with Crippen molar-refractivity contribution in [2.45, 2.75) is 77.6 Å². The number of carboxylic acid groups (broad SMARTS) is 1. The normalized spacial score (nSPS) is 11.8. The average molecular weight is 286 g/mol. The van der Waals surface area contributed by atoms with Gasteiger partial charge in [-0.15, -0.1) is 0 Å². The lowest BCUT2D eigenvalue weighted by molar-refractivity contribution is -0.890. The molecule has 0 atom stereocenters. The maximum atomic E-state index is 10.5. The number of hydrogen-bond donors (Lipinski definition) is 1. The summed E-state index contributed by atoms with van der Waals surface area (Å²) in [6.45, 7) is 4.41. The molecule has 0 fully saturated rings. The summed E-state index contributed by atoms with van der Waals surface area (Å²) in [6.07, 6.45) is 13.4. The van der Waals surface area contributed by atoms with Crippen molar-refractivity contribution in [3.8, 4) is 0 Å². The van der Waals surface area contributed by atoms with Gasteiger partial charge in [0.1, 0.15) is 0 Å². The number of hydrogen-bond acceptors (Lipinski definition) is 1. The molecule has 0 aromatic heterocycles. The van der Waals surface area contributed by atoms with Crippen molar-refractivity contribution < 1.29 is 14.4 Å². The van der Waals surface area contributed by atoms with Crippen LogP contribution in [0, 0.1) is 0 Å². The van der Waals surface area contributed by atoms with Gasteiger partial charge in [-0.3, -0.25) is 4.79 Å². The van der Waals surface area contributed by atoms with Gasteiger partial charge in [-0.1, -0.05) is 51.9 Å². The first-order chi connectivity index (χ1) is 9.48. The fourth-order valence-corrected chi connectivity index (χ4v) is 2.62. The van der Waals surface area contributed by atoms with E-state index in [-0.39, 0.29) is 0 Å². The summed E-state index contributed by atoms with van der Waals surface area (Å²) in [4.78, 5) is 10.5. The molecular weight excluding hydrogens is 250 g/mol. The van der Waals surface area contributed by atoms with E-state index in [4.69, 9.17) is 5.11 Å². The van der Waals surface area contributed by atoms with Gasteiger partial charge in [-0.25, -0.2) is 0 Å². The number of aliphatic carboxylic acids is 1. The quantitative estimate of drug-likeness (QED) is 0.378. The van der Waals surface area contributed by atoms with Crippen molar-refractivity contribution in [1.82, 2.24) is 0 Å². The van der Waals surface area contributed by atoms with Crippen LogP contribution < -0.4 is 0 Å². The van der Waals surface area contributed by atoms with Crippen LogP contribution in [-0.4, -0.2) is 42.7 Å².